The molecule has 1 saturated heterocycles. The highest BCUT2D eigenvalue weighted by molar-refractivity contribution is 14.0. The summed E-state index contributed by atoms with van der Waals surface area (Å²) in [6, 6.07) is 4.39. The minimum Gasteiger partial charge on any atom is -0.465 e. The van der Waals surface area contributed by atoms with Gasteiger partial charge in [-0.1, -0.05) is 6.92 Å². The first kappa shape index (κ1) is 20.3. The summed E-state index contributed by atoms with van der Waals surface area (Å²) in [4.78, 5) is 7.27. The fourth-order valence-corrected chi connectivity index (χ4v) is 2.83. The minimum absolute atomic E-state index is 0. The van der Waals surface area contributed by atoms with Gasteiger partial charge in [0.15, 0.2) is 5.96 Å². The standard InChI is InChI=1S/C17H30N4O.HI/c1-4-10-19-17(18-5-2)20-13-15(21-11-6-7-12-21)16-9-8-14(3)22-16;/h8-9,15H,4-7,10-13H2,1-3H3,(H2,18,19,20);1H. The Morgan fingerprint density at radius 1 is 1.26 bits per heavy atom. The van der Waals surface area contributed by atoms with Gasteiger partial charge in [-0.25, -0.2) is 0 Å². The van der Waals surface area contributed by atoms with Crippen molar-refractivity contribution in [1.82, 2.24) is 15.5 Å². The third-order valence-electron chi connectivity index (χ3n) is 3.98. The van der Waals surface area contributed by atoms with E-state index in [4.69, 9.17) is 9.41 Å². The van der Waals surface area contributed by atoms with Crippen molar-refractivity contribution in [3.8, 4) is 0 Å². The van der Waals surface area contributed by atoms with Crippen LogP contribution in [0.3, 0.4) is 0 Å². The second-order valence-electron chi connectivity index (χ2n) is 5.85. The van der Waals surface area contributed by atoms with Crippen molar-refractivity contribution in [2.75, 3.05) is 32.7 Å². The summed E-state index contributed by atoms with van der Waals surface area (Å²) in [5.41, 5.74) is 0. The van der Waals surface area contributed by atoms with Gasteiger partial charge in [-0.15, -0.1) is 24.0 Å². The van der Waals surface area contributed by atoms with Gasteiger partial charge in [-0.05, 0) is 58.3 Å². The number of aliphatic imine (C=N–C) groups is 1. The van der Waals surface area contributed by atoms with Gasteiger partial charge < -0.3 is 15.1 Å². The largest absolute Gasteiger partial charge is 0.465 e. The fourth-order valence-electron chi connectivity index (χ4n) is 2.83. The molecular weight excluding hydrogens is 403 g/mol. The highest BCUT2D eigenvalue weighted by atomic mass is 127. The third kappa shape index (κ3) is 6.33. The topological polar surface area (TPSA) is 52.8 Å². The highest BCUT2D eigenvalue weighted by Gasteiger charge is 2.25. The molecule has 2 rings (SSSR count). The predicted molar refractivity (Wildman–Crippen MR) is 107 cm³/mol. The van der Waals surface area contributed by atoms with E-state index in [1.807, 2.05) is 13.0 Å². The summed E-state index contributed by atoms with van der Waals surface area (Å²) < 4.78 is 5.88. The molecule has 5 nitrogen and oxygen atoms in total. The quantitative estimate of drug-likeness (QED) is 0.393. The van der Waals surface area contributed by atoms with Crippen LogP contribution in [-0.2, 0) is 0 Å². The van der Waals surface area contributed by atoms with Gasteiger partial charge in [0.2, 0.25) is 0 Å². The molecule has 1 aromatic rings. The lowest BCUT2D eigenvalue weighted by Gasteiger charge is -2.24. The molecular formula is C17H31IN4O. The van der Waals surface area contributed by atoms with Crippen molar-refractivity contribution < 1.29 is 4.42 Å². The second-order valence-corrected chi connectivity index (χ2v) is 5.85. The number of likely N-dealkylation sites (tertiary alicyclic amines) is 1. The Balaban J connectivity index is 0.00000264. The molecule has 23 heavy (non-hydrogen) atoms. The molecule has 1 aliphatic rings. The van der Waals surface area contributed by atoms with Crippen LogP contribution in [-0.4, -0.2) is 43.6 Å². The summed E-state index contributed by atoms with van der Waals surface area (Å²) in [5.74, 6) is 2.91. The molecule has 6 heteroatoms. The van der Waals surface area contributed by atoms with E-state index in [0.717, 1.165) is 56.6 Å². The first-order valence-corrected chi connectivity index (χ1v) is 8.57. The number of furan rings is 1. The van der Waals surface area contributed by atoms with E-state index in [0.29, 0.717) is 0 Å². The molecule has 0 radical (unpaired) electrons. The van der Waals surface area contributed by atoms with Crippen LogP contribution in [0.15, 0.2) is 21.5 Å². The Morgan fingerprint density at radius 2 is 2.00 bits per heavy atom. The lowest BCUT2D eigenvalue weighted by Crippen LogP contribution is -2.38. The Hall–Kier alpha value is -0.760. The maximum absolute atomic E-state index is 5.88. The van der Waals surface area contributed by atoms with Gasteiger partial charge in [0, 0.05) is 13.1 Å². The van der Waals surface area contributed by atoms with Crippen LogP contribution in [0, 0.1) is 6.92 Å². The Kier molecular flexibility index (Phi) is 9.62. The molecule has 0 aliphatic carbocycles. The zero-order chi connectivity index (χ0) is 15.8. The number of nitrogens with one attached hydrogen (secondary N) is 2. The SMILES string of the molecule is CCCNC(=NCC(c1ccc(C)o1)N1CCCC1)NCC.I. The van der Waals surface area contributed by atoms with Crippen LogP contribution in [0.4, 0.5) is 0 Å². The molecule has 0 saturated carbocycles. The zero-order valence-corrected chi connectivity index (χ0v) is 16.9. The van der Waals surface area contributed by atoms with E-state index in [2.05, 4.69) is 35.4 Å². The van der Waals surface area contributed by atoms with Crippen molar-refractivity contribution in [2.45, 2.75) is 46.1 Å². The molecule has 0 bridgehead atoms. The first-order valence-electron chi connectivity index (χ1n) is 8.57. The number of hydrogen-bond acceptors (Lipinski definition) is 3. The summed E-state index contributed by atoms with van der Waals surface area (Å²) in [7, 11) is 0. The van der Waals surface area contributed by atoms with Gasteiger partial charge in [0.25, 0.3) is 0 Å². The van der Waals surface area contributed by atoms with Crippen LogP contribution in [0.1, 0.15) is 50.7 Å². The predicted octanol–water partition coefficient (Wildman–Crippen LogP) is 3.31. The number of rotatable bonds is 7. The van der Waals surface area contributed by atoms with Gasteiger partial charge >= 0.3 is 0 Å². The molecule has 1 aromatic heterocycles. The zero-order valence-electron chi connectivity index (χ0n) is 14.6. The summed E-state index contributed by atoms with van der Waals surface area (Å²) in [6.07, 6.45) is 3.64. The maximum Gasteiger partial charge on any atom is 0.191 e. The smallest absolute Gasteiger partial charge is 0.191 e. The van der Waals surface area contributed by atoms with Crippen LogP contribution < -0.4 is 10.6 Å². The van der Waals surface area contributed by atoms with Crippen molar-refractivity contribution in [3.05, 3.63) is 23.7 Å². The first-order chi connectivity index (χ1) is 10.7. The monoisotopic (exact) mass is 434 g/mol. The maximum atomic E-state index is 5.88. The number of halogens is 1. The Morgan fingerprint density at radius 3 is 2.57 bits per heavy atom. The van der Waals surface area contributed by atoms with E-state index in [1.165, 1.54) is 12.8 Å². The molecule has 0 spiro atoms. The third-order valence-corrected chi connectivity index (χ3v) is 3.98. The second kappa shape index (κ2) is 10.9. The van der Waals surface area contributed by atoms with Crippen LogP contribution in [0.5, 0.6) is 0 Å². The van der Waals surface area contributed by atoms with E-state index in [-0.39, 0.29) is 30.0 Å². The van der Waals surface area contributed by atoms with Crippen LogP contribution in [0.2, 0.25) is 0 Å². The summed E-state index contributed by atoms with van der Waals surface area (Å²) >= 11 is 0. The normalized spacial score (nSPS) is 16.9. The fraction of sp³-hybridized carbons (Fsp3) is 0.706. The molecule has 1 unspecified atom stereocenters. The van der Waals surface area contributed by atoms with Gasteiger partial charge in [-0.2, -0.15) is 0 Å². The Labute approximate surface area is 157 Å². The van der Waals surface area contributed by atoms with Gasteiger partial charge in [0.05, 0.1) is 12.6 Å². The average molecular weight is 434 g/mol. The lowest BCUT2D eigenvalue weighted by atomic mass is 10.2. The molecule has 1 fully saturated rings. The van der Waals surface area contributed by atoms with Crippen LogP contribution >= 0.6 is 24.0 Å². The molecule has 2 N–H and O–H groups in total. The molecule has 1 aliphatic heterocycles. The summed E-state index contributed by atoms with van der Waals surface area (Å²) in [5, 5.41) is 6.67. The van der Waals surface area contributed by atoms with Crippen molar-refractivity contribution in [2.24, 2.45) is 4.99 Å². The average Bonchev–Trinajstić information content (AvgIpc) is 3.17. The van der Waals surface area contributed by atoms with Crippen LogP contribution in [0.25, 0.3) is 0 Å². The molecule has 132 valence electrons. The van der Waals surface area contributed by atoms with Gasteiger partial charge in [-0.3, -0.25) is 9.89 Å². The molecule has 1 atom stereocenters. The van der Waals surface area contributed by atoms with E-state index < -0.39 is 0 Å². The lowest BCUT2D eigenvalue weighted by molar-refractivity contribution is 0.219. The van der Waals surface area contributed by atoms with Crippen molar-refractivity contribution >= 4 is 29.9 Å². The van der Waals surface area contributed by atoms with Gasteiger partial charge in [0.1, 0.15) is 11.5 Å². The number of aryl methyl sites for hydroxylation is 1. The van der Waals surface area contributed by atoms with E-state index in [1.54, 1.807) is 0 Å². The number of hydrogen-bond donors (Lipinski definition) is 2. The van der Waals surface area contributed by atoms with E-state index >= 15 is 0 Å². The molecule has 0 aromatic carbocycles. The number of guanidine groups is 1. The van der Waals surface area contributed by atoms with E-state index in [9.17, 15) is 0 Å². The molecule has 2 heterocycles. The Bertz CT molecular complexity index is 469. The van der Waals surface area contributed by atoms with Crippen molar-refractivity contribution in [1.29, 1.82) is 0 Å². The minimum atomic E-state index is 0. The highest BCUT2D eigenvalue weighted by Crippen LogP contribution is 2.26. The molecule has 0 amide bonds. The summed E-state index contributed by atoms with van der Waals surface area (Å²) in [6.45, 7) is 11.1. The van der Waals surface area contributed by atoms with Crippen molar-refractivity contribution in [3.63, 3.8) is 0 Å². The number of nitrogens with zero attached hydrogens (tertiary/aromatic N) is 2.